The van der Waals surface area contributed by atoms with Crippen molar-refractivity contribution in [3.8, 4) is 0 Å². The van der Waals surface area contributed by atoms with Crippen molar-refractivity contribution in [2.45, 2.75) is 331 Å². The molecule has 0 bridgehead atoms. The molecule has 0 amide bonds. The van der Waals surface area contributed by atoms with Crippen LogP contribution in [0, 0.1) is 23.7 Å². The minimum atomic E-state index is -4.95. The van der Waals surface area contributed by atoms with Crippen LogP contribution in [0.2, 0.25) is 0 Å². The van der Waals surface area contributed by atoms with Gasteiger partial charge in [-0.15, -0.1) is 0 Å². The first-order chi connectivity index (χ1) is 40.2. The first-order valence-electron chi connectivity index (χ1n) is 33.8. The van der Waals surface area contributed by atoms with E-state index in [-0.39, 0.29) is 25.7 Å². The van der Waals surface area contributed by atoms with Crippen LogP contribution in [0.5, 0.6) is 0 Å². The van der Waals surface area contributed by atoms with Crippen LogP contribution in [0.4, 0.5) is 0 Å². The molecule has 0 heterocycles. The lowest BCUT2D eigenvalue weighted by molar-refractivity contribution is -0.161. The number of esters is 4. The number of hydrogen-bond acceptors (Lipinski definition) is 15. The van der Waals surface area contributed by atoms with Gasteiger partial charge in [0.05, 0.1) is 26.4 Å². The Morgan fingerprint density at radius 3 is 0.845 bits per heavy atom. The number of carbonyl (C=O) groups is 4. The molecule has 0 aromatic heterocycles. The molecule has 0 aromatic rings. The van der Waals surface area contributed by atoms with E-state index in [4.69, 9.17) is 37.0 Å². The van der Waals surface area contributed by atoms with Crippen molar-refractivity contribution in [1.29, 1.82) is 0 Å². The Hall–Kier alpha value is -1.94. The van der Waals surface area contributed by atoms with Crippen LogP contribution < -0.4 is 0 Å². The second-order valence-electron chi connectivity index (χ2n) is 24.9. The van der Waals surface area contributed by atoms with E-state index in [1.165, 1.54) is 103 Å². The average molecular weight is 1240 g/mol. The summed E-state index contributed by atoms with van der Waals surface area (Å²) in [6.07, 6.45) is 35.0. The Morgan fingerprint density at radius 1 is 0.333 bits per heavy atom. The summed E-state index contributed by atoms with van der Waals surface area (Å²) in [4.78, 5) is 72.2. The number of phosphoric acid groups is 2. The summed E-state index contributed by atoms with van der Waals surface area (Å²) in [5, 5.41) is 10.5. The molecular formula is C65H126O17P2. The van der Waals surface area contributed by atoms with Gasteiger partial charge in [-0.25, -0.2) is 9.13 Å². The van der Waals surface area contributed by atoms with Gasteiger partial charge in [0.1, 0.15) is 19.3 Å². The fraction of sp³-hybridized carbons (Fsp3) is 0.938. The molecule has 84 heavy (non-hydrogen) atoms. The molecule has 0 rings (SSSR count). The molecule has 0 fully saturated rings. The summed E-state index contributed by atoms with van der Waals surface area (Å²) in [5.41, 5.74) is 0. The van der Waals surface area contributed by atoms with Gasteiger partial charge >= 0.3 is 39.5 Å². The van der Waals surface area contributed by atoms with Crippen LogP contribution in [0.1, 0.15) is 312 Å². The van der Waals surface area contributed by atoms with Gasteiger partial charge in [-0.2, -0.15) is 0 Å². The molecule has 3 N–H and O–H groups in total. The quantitative estimate of drug-likeness (QED) is 0.0222. The predicted molar refractivity (Wildman–Crippen MR) is 335 cm³/mol. The molecule has 0 aliphatic carbocycles. The number of aliphatic hydroxyl groups is 1. The summed E-state index contributed by atoms with van der Waals surface area (Å²) in [7, 11) is -9.89. The second kappa shape index (κ2) is 55.2. The van der Waals surface area contributed by atoms with E-state index in [2.05, 4.69) is 55.4 Å². The lowest BCUT2D eigenvalue weighted by atomic mass is 9.99. The van der Waals surface area contributed by atoms with Crippen molar-refractivity contribution >= 4 is 39.5 Å². The number of ether oxygens (including phenoxy) is 4. The van der Waals surface area contributed by atoms with Crippen LogP contribution in [0.25, 0.3) is 0 Å². The lowest BCUT2D eigenvalue weighted by Gasteiger charge is -2.21. The van der Waals surface area contributed by atoms with Gasteiger partial charge in [0.15, 0.2) is 12.2 Å². The molecule has 19 heteroatoms. The highest BCUT2D eigenvalue weighted by atomic mass is 31.2. The molecule has 4 unspecified atom stereocenters. The maximum absolute atomic E-state index is 13.0. The molecule has 0 spiro atoms. The Kier molecular flexibility index (Phi) is 53.9. The van der Waals surface area contributed by atoms with E-state index in [9.17, 15) is 43.2 Å². The lowest BCUT2D eigenvalue weighted by Crippen LogP contribution is -2.30. The Balaban J connectivity index is 5.26. The number of unbranched alkanes of at least 4 members (excludes halogenated alkanes) is 26. The van der Waals surface area contributed by atoms with Gasteiger partial charge in [0, 0.05) is 25.7 Å². The average Bonchev–Trinajstić information content (AvgIpc) is 3.58. The third-order valence-corrected chi connectivity index (χ3v) is 17.4. The molecule has 0 saturated heterocycles. The van der Waals surface area contributed by atoms with Gasteiger partial charge in [0.2, 0.25) is 0 Å². The Morgan fingerprint density at radius 2 is 0.571 bits per heavy atom. The molecular weight excluding hydrogens is 1110 g/mol. The number of hydrogen-bond donors (Lipinski definition) is 3. The molecule has 0 aromatic carbocycles. The van der Waals surface area contributed by atoms with Crippen molar-refractivity contribution in [2.75, 3.05) is 39.6 Å². The van der Waals surface area contributed by atoms with Crippen molar-refractivity contribution in [2.24, 2.45) is 23.7 Å². The van der Waals surface area contributed by atoms with Gasteiger partial charge in [-0.1, -0.05) is 261 Å². The van der Waals surface area contributed by atoms with Gasteiger partial charge < -0.3 is 33.8 Å². The third-order valence-electron chi connectivity index (χ3n) is 15.5. The Bertz CT molecular complexity index is 1680. The van der Waals surface area contributed by atoms with Crippen LogP contribution in [-0.4, -0.2) is 96.7 Å². The summed E-state index contributed by atoms with van der Waals surface area (Å²) in [5.74, 6) is 0.791. The zero-order valence-electron chi connectivity index (χ0n) is 54.5. The molecule has 0 aliphatic heterocycles. The number of phosphoric ester groups is 2. The maximum atomic E-state index is 13.0. The van der Waals surface area contributed by atoms with Crippen molar-refractivity contribution in [3.63, 3.8) is 0 Å². The largest absolute Gasteiger partial charge is 0.472 e. The minimum Gasteiger partial charge on any atom is -0.462 e. The van der Waals surface area contributed by atoms with Crippen molar-refractivity contribution < 1.29 is 80.2 Å². The molecule has 17 nitrogen and oxygen atoms in total. The van der Waals surface area contributed by atoms with E-state index >= 15 is 0 Å². The van der Waals surface area contributed by atoms with Crippen LogP contribution >= 0.6 is 15.6 Å². The van der Waals surface area contributed by atoms with E-state index in [1.807, 2.05) is 0 Å². The first kappa shape index (κ1) is 82.1. The fourth-order valence-electron chi connectivity index (χ4n) is 9.54. The normalized spacial score (nSPS) is 15.1. The maximum Gasteiger partial charge on any atom is 0.472 e. The van der Waals surface area contributed by atoms with Crippen molar-refractivity contribution in [1.82, 2.24) is 0 Å². The Labute approximate surface area is 511 Å². The first-order valence-corrected chi connectivity index (χ1v) is 36.8. The van der Waals surface area contributed by atoms with Gasteiger partial charge in [-0.05, 0) is 49.4 Å². The van der Waals surface area contributed by atoms with Crippen LogP contribution in [0.15, 0.2) is 0 Å². The number of aliphatic hydroxyl groups excluding tert-OH is 1. The topological polar surface area (TPSA) is 237 Å². The van der Waals surface area contributed by atoms with E-state index in [0.29, 0.717) is 31.6 Å². The van der Waals surface area contributed by atoms with E-state index in [0.717, 1.165) is 120 Å². The molecule has 0 radical (unpaired) electrons. The highest BCUT2D eigenvalue weighted by molar-refractivity contribution is 7.47. The highest BCUT2D eigenvalue weighted by Gasteiger charge is 2.30. The summed E-state index contributed by atoms with van der Waals surface area (Å²) in [6.45, 7) is 14.0. The molecule has 7 atom stereocenters. The molecule has 0 saturated carbocycles. The SMILES string of the molecule is CCC(C)CCCCCCCCCCCCC(=O)O[C@H](COC(=O)CCCCCCCCC(C)CC)COP(=O)(O)OC[C@H](O)COP(=O)(O)OC[C@@H](COC(=O)CCCCCCCCC(C)C)OC(=O)CCCCCCCCCCC(C)C. The zero-order valence-corrected chi connectivity index (χ0v) is 56.3. The zero-order chi connectivity index (χ0) is 62.5. The number of carbonyl (C=O) groups excluding carboxylic acids is 4. The summed E-state index contributed by atoms with van der Waals surface area (Å²) < 4.78 is 68.0. The minimum absolute atomic E-state index is 0.103. The van der Waals surface area contributed by atoms with E-state index < -0.39 is 97.5 Å². The predicted octanol–water partition coefficient (Wildman–Crippen LogP) is 17.8. The third kappa shape index (κ3) is 56.6. The second-order valence-corrected chi connectivity index (χ2v) is 27.8. The standard InChI is InChI=1S/C65H126O17P2/c1-9-57(7)43-35-27-18-13-11-12-14-19-31-39-47-64(69)81-61(52-76-63(68)46-38-30-24-22-28-36-44-58(8)10-2)54-80-84(73,74)78-50-59(66)49-77-83(71,72)79-53-60(51-75-62(67)45-37-29-23-21-26-34-42-56(5)6)82-65(70)48-40-32-20-16-15-17-25-33-41-55(3)4/h55-61,66H,9-54H2,1-8H3,(H,71,72)(H,73,74)/t57?,58?,59-,60-,61-/m1/s1. The smallest absolute Gasteiger partial charge is 0.462 e. The van der Waals surface area contributed by atoms with E-state index in [1.54, 1.807) is 0 Å². The summed E-state index contributed by atoms with van der Waals surface area (Å²) >= 11 is 0. The van der Waals surface area contributed by atoms with Gasteiger partial charge in [-0.3, -0.25) is 37.3 Å². The molecule has 0 aliphatic rings. The summed E-state index contributed by atoms with van der Waals surface area (Å²) in [6, 6.07) is 0. The monoisotopic (exact) mass is 1240 g/mol. The number of rotatable bonds is 62. The molecule has 498 valence electrons. The van der Waals surface area contributed by atoms with Crippen molar-refractivity contribution in [3.05, 3.63) is 0 Å². The van der Waals surface area contributed by atoms with Gasteiger partial charge in [0.25, 0.3) is 0 Å². The highest BCUT2D eigenvalue weighted by Crippen LogP contribution is 2.45. The fourth-order valence-corrected chi connectivity index (χ4v) is 11.1. The van der Waals surface area contributed by atoms with Crippen LogP contribution in [0.3, 0.4) is 0 Å². The van der Waals surface area contributed by atoms with Crippen LogP contribution in [-0.2, 0) is 65.4 Å².